The molecule has 1 amide bonds. The SMILES string of the molecule is O=C(NCc1ccc(OC(F)F)cc1)c1ccc(COCC(F)(F)F)cc1. The van der Waals surface area contributed by atoms with Crippen LogP contribution in [0.25, 0.3) is 0 Å². The summed E-state index contributed by atoms with van der Waals surface area (Å²) in [6.07, 6.45) is -4.39. The highest BCUT2D eigenvalue weighted by atomic mass is 19.4. The van der Waals surface area contributed by atoms with Gasteiger partial charge >= 0.3 is 12.8 Å². The number of carbonyl (C=O) groups is 1. The molecule has 0 fully saturated rings. The number of amides is 1. The number of hydrogen-bond donors (Lipinski definition) is 1. The van der Waals surface area contributed by atoms with E-state index in [1.807, 2.05) is 0 Å². The average Bonchev–Trinajstić information content (AvgIpc) is 2.60. The van der Waals surface area contributed by atoms with E-state index in [1.165, 1.54) is 36.4 Å². The molecule has 1 N–H and O–H groups in total. The number of ether oxygens (including phenoxy) is 2. The molecule has 2 aromatic carbocycles. The van der Waals surface area contributed by atoms with Crippen molar-refractivity contribution in [3.05, 3.63) is 65.2 Å². The van der Waals surface area contributed by atoms with E-state index in [0.29, 0.717) is 16.7 Å². The second kappa shape index (κ2) is 9.31. The molecule has 2 aromatic rings. The van der Waals surface area contributed by atoms with Crippen LogP contribution in [0.2, 0.25) is 0 Å². The molecule has 4 nitrogen and oxygen atoms in total. The van der Waals surface area contributed by atoms with Crippen molar-refractivity contribution < 1.29 is 36.2 Å². The van der Waals surface area contributed by atoms with Crippen molar-refractivity contribution in [3.63, 3.8) is 0 Å². The number of halogens is 5. The number of nitrogens with one attached hydrogen (secondary N) is 1. The summed E-state index contributed by atoms with van der Waals surface area (Å²) in [6.45, 7) is -4.29. The first-order chi connectivity index (χ1) is 12.7. The van der Waals surface area contributed by atoms with Crippen molar-refractivity contribution in [1.82, 2.24) is 5.32 Å². The fraction of sp³-hybridized carbons (Fsp3) is 0.278. The molecule has 0 saturated carbocycles. The third-order valence-electron chi connectivity index (χ3n) is 3.35. The number of alkyl halides is 5. The summed E-state index contributed by atoms with van der Waals surface area (Å²) in [4.78, 5) is 12.1. The van der Waals surface area contributed by atoms with Gasteiger partial charge in [-0.2, -0.15) is 22.0 Å². The van der Waals surface area contributed by atoms with Gasteiger partial charge in [-0.1, -0.05) is 24.3 Å². The summed E-state index contributed by atoms with van der Waals surface area (Å²) in [5, 5.41) is 2.65. The maximum atomic E-state index is 12.1. The van der Waals surface area contributed by atoms with Crippen molar-refractivity contribution >= 4 is 5.91 Å². The van der Waals surface area contributed by atoms with E-state index in [1.54, 1.807) is 12.1 Å². The summed E-state index contributed by atoms with van der Waals surface area (Å²) in [6, 6.07) is 11.8. The molecule has 0 bridgehead atoms. The highest BCUT2D eigenvalue weighted by Gasteiger charge is 2.27. The minimum absolute atomic E-state index is 0.0170. The van der Waals surface area contributed by atoms with Crippen LogP contribution in [0.15, 0.2) is 48.5 Å². The highest BCUT2D eigenvalue weighted by Crippen LogP contribution is 2.16. The molecule has 0 aliphatic carbocycles. The Morgan fingerprint density at radius 3 is 2.11 bits per heavy atom. The quantitative estimate of drug-likeness (QED) is 0.685. The predicted octanol–water partition coefficient (Wildman–Crippen LogP) is 4.30. The fourth-order valence-electron chi connectivity index (χ4n) is 2.11. The molecular formula is C18H16F5NO3. The Kier molecular flexibility index (Phi) is 7.12. The lowest BCUT2D eigenvalue weighted by molar-refractivity contribution is -0.176. The lowest BCUT2D eigenvalue weighted by Crippen LogP contribution is -2.22. The molecule has 0 heterocycles. The summed E-state index contributed by atoms with van der Waals surface area (Å²) in [5.74, 6) is -0.367. The van der Waals surface area contributed by atoms with Crippen LogP contribution in [0.4, 0.5) is 22.0 Å². The van der Waals surface area contributed by atoms with Gasteiger partial charge in [0.25, 0.3) is 5.91 Å². The van der Waals surface area contributed by atoms with Crippen LogP contribution in [0, 0.1) is 0 Å². The third kappa shape index (κ3) is 7.61. The predicted molar refractivity (Wildman–Crippen MR) is 86.4 cm³/mol. The van der Waals surface area contributed by atoms with Gasteiger partial charge in [0.05, 0.1) is 6.61 Å². The third-order valence-corrected chi connectivity index (χ3v) is 3.35. The van der Waals surface area contributed by atoms with E-state index in [-0.39, 0.29) is 24.8 Å². The Morgan fingerprint density at radius 2 is 1.56 bits per heavy atom. The van der Waals surface area contributed by atoms with Crippen LogP contribution in [0.1, 0.15) is 21.5 Å². The number of carbonyl (C=O) groups excluding carboxylic acids is 1. The first-order valence-electron chi connectivity index (χ1n) is 7.78. The number of hydrogen-bond acceptors (Lipinski definition) is 3. The van der Waals surface area contributed by atoms with E-state index >= 15 is 0 Å². The zero-order valence-electron chi connectivity index (χ0n) is 13.9. The molecule has 0 aliphatic heterocycles. The molecule has 0 aromatic heterocycles. The Balaban J connectivity index is 1.81. The zero-order chi connectivity index (χ0) is 19.9. The van der Waals surface area contributed by atoms with E-state index in [9.17, 15) is 26.7 Å². The van der Waals surface area contributed by atoms with Gasteiger partial charge in [0.2, 0.25) is 0 Å². The first kappa shape index (κ1) is 20.6. The lowest BCUT2D eigenvalue weighted by Gasteiger charge is -2.09. The summed E-state index contributed by atoms with van der Waals surface area (Å²) >= 11 is 0. The van der Waals surface area contributed by atoms with Gasteiger partial charge in [0.1, 0.15) is 12.4 Å². The molecule has 2 rings (SSSR count). The van der Waals surface area contributed by atoms with Crippen LogP contribution < -0.4 is 10.1 Å². The smallest absolute Gasteiger partial charge is 0.411 e. The lowest BCUT2D eigenvalue weighted by atomic mass is 10.1. The monoisotopic (exact) mass is 389 g/mol. The molecule has 9 heteroatoms. The summed E-state index contributed by atoms with van der Waals surface area (Å²) < 4.78 is 69.0. The zero-order valence-corrected chi connectivity index (χ0v) is 13.9. The van der Waals surface area contributed by atoms with Crippen LogP contribution in [0.5, 0.6) is 5.75 Å². The maximum absolute atomic E-state index is 12.1. The standard InChI is InChI=1S/C18H16F5NO3/c19-17(20)27-15-7-3-12(4-8-15)9-24-16(25)14-5-1-13(2-6-14)10-26-11-18(21,22)23/h1-8,17H,9-11H2,(H,24,25). The minimum Gasteiger partial charge on any atom is -0.435 e. The Hall–Kier alpha value is -2.68. The van der Waals surface area contributed by atoms with Crippen LogP contribution in [-0.4, -0.2) is 25.3 Å². The Bertz CT molecular complexity index is 730. The number of rotatable bonds is 8. The molecule has 0 saturated heterocycles. The molecular weight excluding hydrogens is 373 g/mol. The topological polar surface area (TPSA) is 47.6 Å². The van der Waals surface area contributed by atoms with Crippen molar-refractivity contribution in [1.29, 1.82) is 0 Å². The fourth-order valence-corrected chi connectivity index (χ4v) is 2.11. The molecule has 146 valence electrons. The van der Waals surface area contributed by atoms with Crippen molar-refractivity contribution in [2.24, 2.45) is 0 Å². The van der Waals surface area contributed by atoms with Crippen molar-refractivity contribution in [2.75, 3.05) is 6.61 Å². The minimum atomic E-state index is -4.39. The van der Waals surface area contributed by atoms with Gasteiger partial charge in [-0.3, -0.25) is 4.79 Å². The normalized spacial score (nSPS) is 11.5. The Labute approximate surface area is 151 Å². The molecule has 0 spiro atoms. The van der Waals surface area contributed by atoms with Crippen LogP contribution >= 0.6 is 0 Å². The summed E-state index contributed by atoms with van der Waals surface area (Å²) in [5.41, 5.74) is 1.51. The highest BCUT2D eigenvalue weighted by molar-refractivity contribution is 5.94. The summed E-state index contributed by atoms with van der Waals surface area (Å²) in [7, 11) is 0. The van der Waals surface area contributed by atoms with Gasteiger partial charge in [-0.25, -0.2) is 0 Å². The average molecular weight is 389 g/mol. The Morgan fingerprint density at radius 1 is 0.963 bits per heavy atom. The van der Waals surface area contributed by atoms with E-state index in [0.717, 1.165) is 0 Å². The van der Waals surface area contributed by atoms with Crippen LogP contribution in [0.3, 0.4) is 0 Å². The largest absolute Gasteiger partial charge is 0.435 e. The van der Waals surface area contributed by atoms with Gasteiger partial charge in [-0.05, 0) is 35.4 Å². The first-order valence-corrected chi connectivity index (χ1v) is 7.78. The second-order valence-electron chi connectivity index (χ2n) is 5.51. The second-order valence-corrected chi connectivity index (χ2v) is 5.51. The van der Waals surface area contributed by atoms with Gasteiger partial charge in [0.15, 0.2) is 0 Å². The van der Waals surface area contributed by atoms with E-state index in [2.05, 4.69) is 14.8 Å². The maximum Gasteiger partial charge on any atom is 0.411 e. The van der Waals surface area contributed by atoms with E-state index in [4.69, 9.17) is 0 Å². The molecule has 0 unspecified atom stereocenters. The molecule has 27 heavy (non-hydrogen) atoms. The van der Waals surface area contributed by atoms with Gasteiger partial charge in [-0.15, -0.1) is 0 Å². The van der Waals surface area contributed by atoms with E-state index < -0.39 is 19.4 Å². The van der Waals surface area contributed by atoms with Gasteiger partial charge in [0, 0.05) is 12.1 Å². The van der Waals surface area contributed by atoms with Crippen molar-refractivity contribution in [3.8, 4) is 5.75 Å². The number of benzene rings is 2. The molecule has 0 aliphatic rings. The van der Waals surface area contributed by atoms with Gasteiger partial charge < -0.3 is 14.8 Å². The van der Waals surface area contributed by atoms with Crippen molar-refractivity contribution in [2.45, 2.75) is 25.9 Å². The molecule has 0 radical (unpaired) electrons. The van der Waals surface area contributed by atoms with Crippen LogP contribution in [-0.2, 0) is 17.9 Å². The molecule has 0 atom stereocenters.